The number of carbonyl (C=O) groups excluding carboxylic acids is 1. The number of rotatable bonds is 7. The largest absolute Gasteiger partial charge is 0.354 e. The van der Waals surface area contributed by atoms with Gasteiger partial charge in [0.25, 0.3) is 5.56 Å². The number of fused-ring (bicyclic) bond motifs is 3. The van der Waals surface area contributed by atoms with Crippen molar-refractivity contribution in [3.8, 4) is 0 Å². The summed E-state index contributed by atoms with van der Waals surface area (Å²) in [4.78, 5) is 31.6. The Bertz CT molecular complexity index is 851. The molecular formula is C19H28N4O2S. The van der Waals surface area contributed by atoms with E-state index in [2.05, 4.69) is 10.3 Å². The van der Waals surface area contributed by atoms with E-state index in [1.54, 1.807) is 22.2 Å². The minimum atomic E-state index is -0.358. The van der Waals surface area contributed by atoms with Gasteiger partial charge in [-0.05, 0) is 44.1 Å². The van der Waals surface area contributed by atoms with Crippen LogP contribution in [0.3, 0.4) is 0 Å². The number of hydrogen-bond acceptors (Lipinski definition) is 5. The summed E-state index contributed by atoms with van der Waals surface area (Å²) in [6.45, 7) is 4.85. The van der Waals surface area contributed by atoms with Crippen LogP contribution in [-0.2, 0) is 24.2 Å². The molecule has 2 heterocycles. The van der Waals surface area contributed by atoms with E-state index in [-0.39, 0.29) is 23.4 Å². The van der Waals surface area contributed by atoms with Crippen molar-refractivity contribution >= 4 is 27.5 Å². The molecule has 0 aliphatic heterocycles. The molecule has 1 aliphatic carbocycles. The third kappa shape index (κ3) is 3.83. The lowest BCUT2D eigenvalue weighted by atomic mass is 9.94. The second-order valence-corrected chi connectivity index (χ2v) is 8.31. The molecule has 3 rings (SSSR count). The summed E-state index contributed by atoms with van der Waals surface area (Å²) in [5.41, 5.74) is 7.02. The van der Waals surface area contributed by atoms with E-state index in [9.17, 15) is 9.59 Å². The molecule has 0 unspecified atom stereocenters. The van der Waals surface area contributed by atoms with Crippen LogP contribution in [0, 0.1) is 0 Å². The van der Waals surface area contributed by atoms with Gasteiger partial charge in [0.1, 0.15) is 4.83 Å². The molecule has 0 spiro atoms. The van der Waals surface area contributed by atoms with E-state index in [1.807, 2.05) is 13.8 Å². The summed E-state index contributed by atoms with van der Waals surface area (Å²) in [5, 5.41) is 3.67. The van der Waals surface area contributed by atoms with Crippen molar-refractivity contribution in [2.45, 2.75) is 70.9 Å². The molecule has 0 saturated heterocycles. The molecule has 0 fully saturated rings. The maximum absolute atomic E-state index is 12.9. The average molecular weight is 377 g/mol. The number of nitrogens with one attached hydrogen (secondary N) is 1. The minimum Gasteiger partial charge on any atom is -0.354 e. The Kier molecular flexibility index (Phi) is 5.77. The number of hydrogen-bond donors (Lipinski definition) is 2. The van der Waals surface area contributed by atoms with Gasteiger partial charge in [0.2, 0.25) is 5.91 Å². The van der Waals surface area contributed by atoms with Gasteiger partial charge in [-0.15, -0.1) is 11.3 Å². The third-order valence-electron chi connectivity index (χ3n) is 5.57. The minimum absolute atomic E-state index is 0.0162. The molecule has 0 bridgehead atoms. The predicted octanol–water partition coefficient (Wildman–Crippen LogP) is 2.36. The zero-order valence-electron chi connectivity index (χ0n) is 15.6. The van der Waals surface area contributed by atoms with E-state index in [1.165, 1.54) is 16.9 Å². The van der Waals surface area contributed by atoms with E-state index in [0.29, 0.717) is 13.1 Å². The maximum atomic E-state index is 12.9. The zero-order valence-corrected chi connectivity index (χ0v) is 16.5. The number of nitrogens with zero attached hydrogens (tertiary/aromatic N) is 2. The standard InChI is InChI=1S/C19H28N4O2S/c1-3-19(20,4-2)11-21-15(24)9-10-23-12-22-17-16(18(23)25)13-7-5-6-8-14(13)26-17/h12H,3-11,20H2,1-2H3,(H,21,24). The Labute approximate surface area is 157 Å². The van der Waals surface area contributed by atoms with Crippen molar-refractivity contribution in [2.75, 3.05) is 6.54 Å². The molecule has 7 heteroatoms. The molecule has 0 saturated carbocycles. The highest BCUT2D eigenvalue weighted by Gasteiger charge is 2.22. The first-order valence-corrected chi connectivity index (χ1v) is 10.3. The molecule has 3 N–H and O–H groups in total. The van der Waals surface area contributed by atoms with Crippen molar-refractivity contribution in [2.24, 2.45) is 5.73 Å². The van der Waals surface area contributed by atoms with Crippen LogP contribution in [0.4, 0.5) is 0 Å². The first kappa shape index (κ1) is 19.0. The van der Waals surface area contributed by atoms with Crippen molar-refractivity contribution in [3.63, 3.8) is 0 Å². The van der Waals surface area contributed by atoms with Crippen LogP contribution in [0.1, 0.15) is 56.4 Å². The lowest BCUT2D eigenvalue weighted by Gasteiger charge is -2.26. The Morgan fingerprint density at radius 1 is 1.35 bits per heavy atom. The lowest BCUT2D eigenvalue weighted by Crippen LogP contribution is -2.49. The highest BCUT2D eigenvalue weighted by molar-refractivity contribution is 7.18. The van der Waals surface area contributed by atoms with E-state index in [4.69, 9.17) is 5.73 Å². The quantitative estimate of drug-likeness (QED) is 0.776. The maximum Gasteiger partial charge on any atom is 0.262 e. The predicted molar refractivity (Wildman–Crippen MR) is 106 cm³/mol. The fraction of sp³-hybridized carbons (Fsp3) is 0.632. The van der Waals surface area contributed by atoms with Gasteiger partial charge in [-0.25, -0.2) is 4.98 Å². The highest BCUT2D eigenvalue weighted by Crippen LogP contribution is 2.33. The van der Waals surface area contributed by atoms with Crippen molar-refractivity contribution in [1.29, 1.82) is 0 Å². The lowest BCUT2D eigenvalue weighted by molar-refractivity contribution is -0.121. The number of thiophene rings is 1. The molecule has 1 aliphatic rings. The monoisotopic (exact) mass is 376 g/mol. The van der Waals surface area contributed by atoms with Crippen LogP contribution in [-0.4, -0.2) is 27.5 Å². The number of amides is 1. The Morgan fingerprint density at radius 2 is 2.08 bits per heavy atom. The Hall–Kier alpha value is -1.73. The van der Waals surface area contributed by atoms with Gasteiger partial charge in [0.15, 0.2) is 0 Å². The molecule has 26 heavy (non-hydrogen) atoms. The first-order valence-electron chi connectivity index (χ1n) is 9.52. The van der Waals surface area contributed by atoms with Crippen molar-refractivity contribution < 1.29 is 4.79 Å². The SMILES string of the molecule is CCC(N)(CC)CNC(=O)CCn1cnc2sc3c(c2c1=O)CCCC3. The molecule has 0 atom stereocenters. The average Bonchev–Trinajstić information content (AvgIpc) is 3.05. The van der Waals surface area contributed by atoms with Crippen molar-refractivity contribution in [3.05, 3.63) is 27.1 Å². The van der Waals surface area contributed by atoms with Gasteiger partial charge in [-0.2, -0.15) is 0 Å². The fourth-order valence-corrected chi connectivity index (χ4v) is 4.64. The second kappa shape index (κ2) is 7.88. The van der Waals surface area contributed by atoms with Crippen LogP contribution < -0.4 is 16.6 Å². The van der Waals surface area contributed by atoms with Gasteiger partial charge in [-0.1, -0.05) is 13.8 Å². The molecule has 2 aromatic heterocycles. The number of nitrogens with two attached hydrogens (primary N) is 1. The van der Waals surface area contributed by atoms with Gasteiger partial charge >= 0.3 is 0 Å². The molecule has 2 aromatic rings. The summed E-state index contributed by atoms with van der Waals surface area (Å²) in [6.07, 6.45) is 7.78. The second-order valence-electron chi connectivity index (χ2n) is 7.23. The molecule has 0 radical (unpaired) electrons. The van der Waals surface area contributed by atoms with E-state index < -0.39 is 0 Å². The molecule has 1 amide bonds. The smallest absolute Gasteiger partial charge is 0.262 e. The van der Waals surface area contributed by atoms with Crippen LogP contribution in [0.15, 0.2) is 11.1 Å². The zero-order chi connectivity index (χ0) is 18.7. The first-order chi connectivity index (χ1) is 12.5. The summed E-state index contributed by atoms with van der Waals surface area (Å²) in [7, 11) is 0. The summed E-state index contributed by atoms with van der Waals surface area (Å²) in [5.74, 6) is -0.0823. The Balaban J connectivity index is 1.69. The highest BCUT2D eigenvalue weighted by atomic mass is 32.1. The van der Waals surface area contributed by atoms with E-state index in [0.717, 1.165) is 42.3 Å². The molecule has 142 valence electrons. The number of carbonyl (C=O) groups is 1. The van der Waals surface area contributed by atoms with E-state index >= 15 is 0 Å². The van der Waals surface area contributed by atoms with Crippen LogP contribution in [0.25, 0.3) is 10.2 Å². The summed E-state index contributed by atoms with van der Waals surface area (Å²) in [6, 6.07) is 0. The van der Waals surface area contributed by atoms with Gasteiger partial charge < -0.3 is 11.1 Å². The fourth-order valence-electron chi connectivity index (χ4n) is 3.43. The normalized spacial score (nSPS) is 14.4. The third-order valence-corrected chi connectivity index (χ3v) is 6.77. The van der Waals surface area contributed by atoms with Crippen LogP contribution in [0.2, 0.25) is 0 Å². The molecule has 0 aromatic carbocycles. The summed E-state index contributed by atoms with van der Waals surface area (Å²) < 4.78 is 1.57. The van der Waals surface area contributed by atoms with Crippen molar-refractivity contribution in [1.82, 2.24) is 14.9 Å². The van der Waals surface area contributed by atoms with Gasteiger partial charge in [-0.3, -0.25) is 14.2 Å². The Morgan fingerprint density at radius 3 is 2.81 bits per heavy atom. The van der Waals surface area contributed by atoms with Crippen LogP contribution >= 0.6 is 11.3 Å². The topological polar surface area (TPSA) is 90.0 Å². The van der Waals surface area contributed by atoms with Gasteiger partial charge in [0, 0.05) is 29.9 Å². The number of aryl methyl sites for hydroxylation is 3. The van der Waals surface area contributed by atoms with Crippen LogP contribution in [0.5, 0.6) is 0 Å². The number of aromatic nitrogens is 2. The summed E-state index contributed by atoms with van der Waals surface area (Å²) >= 11 is 1.65. The molecular weight excluding hydrogens is 348 g/mol. The van der Waals surface area contributed by atoms with Gasteiger partial charge in [0.05, 0.1) is 11.7 Å². The molecule has 6 nitrogen and oxygen atoms in total.